The van der Waals surface area contributed by atoms with Crippen LogP contribution in [0.2, 0.25) is 10.0 Å². The number of carbonyl (C=O) groups excluding carboxylic acids is 1. The van der Waals surface area contributed by atoms with Crippen molar-refractivity contribution in [1.29, 1.82) is 0 Å². The Morgan fingerprint density at radius 3 is 2.55 bits per heavy atom. The number of amides is 1. The summed E-state index contributed by atoms with van der Waals surface area (Å²) in [5.41, 5.74) is 0.453. The SMILES string of the molecule is CC[NH+](CC)CCOC(=O)Nc1cc(Cl)ccc1Cl.[Cl-]. The molecule has 0 saturated heterocycles. The van der Waals surface area contributed by atoms with Crippen molar-refractivity contribution < 1.29 is 26.8 Å². The Kier molecular flexibility index (Phi) is 9.76. The minimum atomic E-state index is -0.518. The number of hydrogen-bond acceptors (Lipinski definition) is 2. The average molecular weight is 342 g/mol. The van der Waals surface area contributed by atoms with E-state index in [1.165, 1.54) is 4.90 Å². The summed E-state index contributed by atoms with van der Waals surface area (Å²) in [7, 11) is 0. The maximum Gasteiger partial charge on any atom is 0.411 e. The van der Waals surface area contributed by atoms with E-state index in [1.54, 1.807) is 18.2 Å². The third kappa shape index (κ3) is 6.66. The number of hydrogen-bond donors (Lipinski definition) is 2. The fourth-order valence-corrected chi connectivity index (χ4v) is 1.97. The van der Waals surface area contributed by atoms with Gasteiger partial charge in [-0.2, -0.15) is 0 Å². The van der Waals surface area contributed by atoms with E-state index in [2.05, 4.69) is 19.2 Å². The van der Waals surface area contributed by atoms with Crippen LogP contribution in [-0.2, 0) is 4.74 Å². The Morgan fingerprint density at radius 1 is 1.30 bits per heavy atom. The lowest BCUT2D eigenvalue weighted by atomic mass is 10.3. The lowest BCUT2D eigenvalue weighted by Gasteiger charge is -2.15. The Hall–Kier alpha value is -0.680. The van der Waals surface area contributed by atoms with Gasteiger partial charge >= 0.3 is 6.09 Å². The van der Waals surface area contributed by atoms with Crippen LogP contribution in [0.1, 0.15) is 13.8 Å². The van der Waals surface area contributed by atoms with Crippen LogP contribution in [0.25, 0.3) is 0 Å². The van der Waals surface area contributed by atoms with E-state index in [-0.39, 0.29) is 12.4 Å². The second-order valence-electron chi connectivity index (χ2n) is 4.09. The monoisotopic (exact) mass is 340 g/mol. The molecule has 0 spiro atoms. The van der Waals surface area contributed by atoms with Crippen LogP contribution < -0.4 is 22.6 Å². The van der Waals surface area contributed by atoms with Crippen molar-refractivity contribution in [2.24, 2.45) is 0 Å². The number of nitrogens with one attached hydrogen (secondary N) is 2. The molecule has 1 aromatic carbocycles. The van der Waals surface area contributed by atoms with Gasteiger partial charge in [0.2, 0.25) is 0 Å². The molecule has 20 heavy (non-hydrogen) atoms. The number of rotatable bonds is 6. The second-order valence-corrected chi connectivity index (χ2v) is 4.94. The molecule has 0 atom stereocenters. The molecule has 1 rings (SSSR count). The van der Waals surface area contributed by atoms with Crippen LogP contribution in [-0.4, -0.2) is 32.3 Å². The minimum absolute atomic E-state index is 0. The van der Waals surface area contributed by atoms with Gasteiger partial charge in [-0.25, -0.2) is 4.79 Å². The van der Waals surface area contributed by atoms with Gasteiger partial charge < -0.3 is 22.0 Å². The zero-order valence-electron chi connectivity index (χ0n) is 11.5. The van der Waals surface area contributed by atoms with Gasteiger partial charge in [0, 0.05) is 5.02 Å². The number of likely N-dealkylation sites (N-methyl/N-ethyl adjacent to an activating group) is 1. The summed E-state index contributed by atoms with van der Waals surface area (Å²) in [4.78, 5) is 13.0. The third-order valence-corrected chi connectivity index (χ3v) is 3.42. The predicted octanol–water partition coefficient (Wildman–Crippen LogP) is -0.529. The highest BCUT2D eigenvalue weighted by Gasteiger charge is 2.09. The van der Waals surface area contributed by atoms with Gasteiger partial charge in [-0.15, -0.1) is 0 Å². The number of ether oxygens (including phenoxy) is 1. The van der Waals surface area contributed by atoms with E-state index < -0.39 is 6.09 Å². The fraction of sp³-hybridized carbons (Fsp3) is 0.462. The van der Waals surface area contributed by atoms with Crippen LogP contribution in [0.4, 0.5) is 10.5 Å². The van der Waals surface area contributed by atoms with E-state index in [9.17, 15) is 4.79 Å². The Bertz CT molecular complexity index is 426. The highest BCUT2D eigenvalue weighted by atomic mass is 35.5. The molecule has 0 bridgehead atoms. The van der Waals surface area contributed by atoms with E-state index in [1.807, 2.05) is 0 Å². The summed E-state index contributed by atoms with van der Waals surface area (Å²) in [6, 6.07) is 4.87. The average Bonchev–Trinajstić information content (AvgIpc) is 2.39. The summed E-state index contributed by atoms with van der Waals surface area (Å²) in [6.45, 7) is 7.41. The zero-order chi connectivity index (χ0) is 14.3. The molecule has 2 N–H and O–H groups in total. The Morgan fingerprint density at radius 2 is 1.95 bits per heavy atom. The molecule has 0 aromatic heterocycles. The summed E-state index contributed by atoms with van der Waals surface area (Å²) >= 11 is 11.8. The molecule has 1 amide bonds. The van der Waals surface area contributed by atoms with Gasteiger partial charge in [-0.3, -0.25) is 5.32 Å². The highest BCUT2D eigenvalue weighted by Crippen LogP contribution is 2.25. The smallest absolute Gasteiger partial charge is 0.411 e. The van der Waals surface area contributed by atoms with Crippen molar-refractivity contribution in [3.63, 3.8) is 0 Å². The second kappa shape index (κ2) is 10.1. The summed E-state index contributed by atoms with van der Waals surface area (Å²) in [5, 5.41) is 3.51. The van der Waals surface area contributed by atoms with E-state index >= 15 is 0 Å². The summed E-state index contributed by atoms with van der Waals surface area (Å²) in [6.07, 6.45) is -0.518. The van der Waals surface area contributed by atoms with E-state index in [4.69, 9.17) is 27.9 Å². The molecule has 0 saturated carbocycles. The van der Waals surface area contributed by atoms with Crippen molar-refractivity contribution in [3.05, 3.63) is 28.2 Å². The molecule has 0 aliphatic rings. The van der Waals surface area contributed by atoms with Crippen LogP contribution in [0, 0.1) is 0 Å². The van der Waals surface area contributed by atoms with Crippen molar-refractivity contribution in [2.75, 3.05) is 31.6 Å². The first kappa shape index (κ1) is 19.3. The van der Waals surface area contributed by atoms with Gasteiger partial charge in [0.25, 0.3) is 0 Å². The molecule has 0 heterocycles. The van der Waals surface area contributed by atoms with Gasteiger partial charge in [0.05, 0.1) is 23.8 Å². The van der Waals surface area contributed by atoms with Gasteiger partial charge in [-0.1, -0.05) is 23.2 Å². The predicted molar refractivity (Wildman–Crippen MR) is 78.3 cm³/mol. The third-order valence-electron chi connectivity index (χ3n) is 2.85. The van der Waals surface area contributed by atoms with Crippen LogP contribution in [0.3, 0.4) is 0 Å². The van der Waals surface area contributed by atoms with E-state index in [0.29, 0.717) is 22.3 Å². The molecule has 0 aliphatic heterocycles. The van der Waals surface area contributed by atoms with Crippen molar-refractivity contribution in [2.45, 2.75) is 13.8 Å². The number of benzene rings is 1. The maximum atomic E-state index is 11.6. The highest BCUT2D eigenvalue weighted by molar-refractivity contribution is 6.35. The fourth-order valence-electron chi connectivity index (χ4n) is 1.63. The Balaban J connectivity index is 0.00000361. The first-order valence-corrected chi connectivity index (χ1v) is 7.04. The number of carbonyl (C=O) groups is 1. The van der Waals surface area contributed by atoms with Crippen molar-refractivity contribution >= 4 is 35.0 Å². The maximum absolute atomic E-state index is 11.6. The van der Waals surface area contributed by atoms with Gasteiger partial charge in [0.1, 0.15) is 13.2 Å². The first-order chi connectivity index (χ1) is 9.06. The molecule has 7 heteroatoms. The van der Waals surface area contributed by atoms with Crippen LogP contribution in [0.5, 0.6) is 0 Å². The number of anilines is 1. The normalized spacial score (nSPS) is 10.1. The molecule has 0 fully saturated rings. The van der Waals surface area contributed by atoms with Gasteiger partial charge in [-0.05, 0) is 32.0 Å². The molecule has 114 valence electrons. The molecule has 0 aliphatic carbocycles. The standard InChI is InChI=1S/C13H18Cl2N2O2.ClH/c1-3-17(4-2)7-8-19-13(18)16-12-9-10(14)5-6-11(12)15;/h5-6,9H,3-4,7-8H2,1-2H3,(H,16,18);1H. The summed E-state index contributed by atoms with van der Waals surface area (Å²) in [5.74, 6) is 0. The first-order valence-electron chi connectivity index (χ1n) is 6.29. The molecular formula is C13H19Cl3N2O2. The van der Waals surface area contributed by atoms with Crippen molar-refractivity contribution in [3.8, 4) is 0 Å². The Labute approximate surface area is 135 Å². The van der Waals surface area contributed by atoms with Crippen molar-refractivity contribution in [1.82, 2.24) is 0 Å². The molecule has 0 unspecified atom stereocenters. The van der Waals surface area contributed by atoms with Crippen LogP contribution in [0.15, 0.2) is 18.2 Å². The number of quaternary nitrogens is 1. The molecular weight excluding hydrogens is 323 g/mol. The lowest BCUT2D eigenvalue weighted by Crippen LogP contribution is -3.11. The summed E-state index contributed by atoms with van der Waals surface area (Å²) < 4.78 is 5.10. The van der Waals surface area contributed by atoms with Crippen LogP contribution >= 0.6 is 23.2 Å². The largest absolute Gasteiger partial charge is 1.00 e. The topological polar surface area (TPSA) is 42.8 Å². The van der Waals surface area contributed by atoms with Gasteiger partial charge in [0.15, 0.2) is 0 Å². The molecule has 1 aromatic rings. The van der Waals surface area contributed by atoms with E-state index in [0.717, 1.165) is 19.6 Å². The number of halogens is 3. The quantitative estimate of drug-likeness (QED) is 0.731. The molecule has 4 nitrogen and oxygen atoms in total. The minimum Gasteiger partial charge on any atom is -1.00 e. The zero-order valence-corrected chi connectivity index (χ0v) is 13.8. The molecule has 0 radical (unpaired) electrons. The lowest BCUT2D eigenvalue weighted by molar-refractivity contribution is -0.896.